The van der Waals surface area contributed by atoms with Gasteiger partial charge in [0.1, 0.15) is 6.10 Å². The Morgan fingerprint density at radius 3 is 2.71 bits per heavy atom. The van der Waals surface area contributed by atoms with E-state index in [1.165, 1.54) is 6.07 Å². The lowest BCUT2D eigenvalue weighted by Crippen LogP contribution is -2.30. The number of nitrogens with one attached hydrogen (secondary N) is 1. The maximum absolute atomic E-state index is 12.1. The molecule has 1 aliphatic heterocycles. The first kappa shape index (κ1) is 15.4. The minimum absolute atomic E-state index is 0.0470. The van der Waals surface area contributed by atoms with Crippen LogP contribution in [0.3, 0.4) is 0 Å². The standard InChI is InChI=1S/C14H19N3O4/c1-8-6-12(17(19)20)9(2)5-11(8)16-14(18)13-4-3-10(7-15)21-13/h5-6,10,13H,3-4,7,15H2,1-2H3,(H,16,18). The normalized spacial score (nSPS) is 21.3. The number of anilines is 1. The second-order valence-electron chi connectivity index (χ2n) is 5.26. The summed E-state index contributed by atoms with van der Waals surface area (Å²) < 4.78 is 5.53. The number of hydrogen-bond acceptors (Lipinski definition) is 5. The van der Waals surface area contributed by atoms with E-state index in [9.17, 15) is 14.9 Å². The van der Waals surface area contributed by atoms with Gasteiger partial charge in [-0.05, 0) is 38.3 Å². The summed E-state index contributed by atoms with van der Waals surface area (Å²) in [6.45, 7) is 3.77. The summed E-state index contributed by atoms with van der Waals surface area (Å²) in [4.78, 5) is 22.6. The molecule has 0 bridgehead atoms. The number of nitrogens with zero attached hydrogens (tertiary/aromatic N) is 1. The quantitative estimate of drug-likeness (QED) is 0.648. The second kappa shape index (κ2) is 6.19. The van der Waals surface area contributed by atoms with Gasteiger partial charge in [-0.15, -0.1) is 0 Å². The van der Waals surface area contributed by atoms with Crippen molar-refractivity contribution < 1.29 is 14.5 Å². The van der Waals surface area contributed by atoms with E-state index in [1.807, 2.05) is 0 Å². The van der Waals surface area contributed by atoms with Gasteiger partial charge >= 0.3 is 0 Å². The maximum Gasteiger partial charge on any atom is 0.272 e. The molecular formula is C14H19N3O4. The number of nitrogens with two attached hydrogens (primary N) is 1. The number of amides is 1. The fourth-order valence-electron chi connectivity index (χ4n) is 2.42. The summed E-state index contributed by atoms with van der Waals surface area (Å²) in [6.07, 6.45) is 0.833. The van der Waals surface area contributed by atoms with Crippen LogP contribution in [0.5, 0.6) is 0 Å². The molecule has 1 heterocycles. The molecule has 0 radical (unpaired) electrons. The number of nitro benzene ring substituents is 1. The van der Waals surface area contributed by atoms with Crippen LogP contribution in [0.2, 0.25) is 0 Å². The van der Waals surface area contributed by atoms with Crippen molar-refractivity contribution in [2.45, 2.75) is 38.9 Å². The van der Waals surface area contributed by atoms with Crippen molar-refractivity contribution in [1.82, 2.24) is 0 Å². The fraction of sp³-hybridized carbons (Fsp3) is 0.500. The number of nitro groups is 1. The molecule has 1 fully saturated rings. The Labute approximate surface area is 122 Å². The Morgan fingerprint density at radius 2 is 2.14 bits per heavy atom. The molecule has 1 aromatic carbocycles. The van der Waals surface area contributed by atoms with E-state index >= 15 is 0 Å². The van der Waals surface area contributed by atoms with Crippen LogP contribution in [0.1, 0.15) is 24.0 Å². The predicted molar refractivity (Wildman–Crippen MR) is 78.1 cm³/mol. The second-order valence-corrected chi connectivity index (χ2v) is 5.26. The highest BCUT2D eigenvalue weighted by Gasteiger charge is 2.30. The van der Waals surface area contributed by atoms with E-state index in [1.54, 1.807) is 19.9 Å². The Morgan fingerprint density at radius 1 is 1.43 bits per heavy atom. The van der Waals surface area contributed by atoms with E-state index in [0.29, 0.717) is 29.8 Å². The van der Waals surface area contributed by atoms with Gasteiger partial charge in [-0.2, -0.15) is 0 Å². The van der Waals surface area contributed by atoms with Crippen molar-refractivity contribution in [3.05, 3.63) is 33.4 Å². The zero-order valence-electron chi connectivity index (χ0n) is 12.1. The summed E-state index contributed by atoms with van der Waals surface area (Å²) in [5, 5.41) is 13.6. The van der Waals surface area contributed by atoms with Gasteiger partial charge in [0.2, 0.25) is 0 Å². The Kier molecular flexibility index (Phi) is 4.54. The molecule has 7 nitrogen and oxygen atoms in total. The number of carbonyl (C=O) groups is 1. The van der Waals surface area contributed by atoms with Gasteiger partial charge in [0.25, 0.3) is 11.6 Å². The monoisotopic (exact) mass is 293 g/mol. The molecule has 3 N–H and O–H groups in total. The molecule has 0 saturated carbocycles. The molecule has 0 aromatic heterocycles. The summed E-state index contributed by atoms with van der Waals surface area (Å²) in [7, 11) is 0. The molecular weight excluding hydrogens is 274 g/mol. The topological polar surface area (TPSA) is 107 Å². The first-order chi connectivity index (χ1) is 9.92. The number of benzene rings is 1. The molecule has 2 atom stereocenters. The van der Waals surface area contributed by atoms with Crippen LogP contribution >= 0.6 is 0 Å². The lowest BCUT2D eigenvalue weighted by atomic mass is 10.1. The van der Waals surface area contributed by atoms with Crippen LogP contribution < -0.4 is 11.1 Å². The summed E-state index contributed by atoms with van der Waals surface area (Å²) in [5.41, 5.74) is 7.29. The summed E-state index contributed by atoms with van der Waals surface area (Å²) in [6, 6.07) is 3.07. The molecule has 1 saturated heterocycles. The smallest absolute Gasteiger partial charge is 0.272 e. The molecule has 114 valence electrons. The minimum Gasteiger partial charge on any atom is -0.364 e. The molecule has 7 heteroatoms. The predicted octanol–water partition coefficient (Wildman–Crippen LogP) is 1.66. The molecule has 1 amide bonds. The Bertz CT molecular complexity index is 574. The number of ether oxygens (including phenoxy) is 1. The van der Waals surface area contributed by atoms with Gasteiger partial charge in [-0.3, -0.25) is 14.9 Å². The fourth-order valence-corrected chi connectivity index (χ4v) is 2.42. The average molecular weight is 293 g/mol. The minimum atomic E-state index is -0.506. The molecule has 2 rings (SSSR count). The lowest BCUT2D eigenvalue weighted by Gasteiger charge is -2.14. The van der Waals surface area contributed by atoms with Crippen molar-refractivity contribution in [2.75, 3.05) is 11.9 Å². The van der Waals surface area contributed by atoms with Crippen LogP contribution in [0.25, 0.3) is 0 Å². The van der Waals surface area contributed by atoms with Crippen molar-refractivity contribution >= 4 is 17.3 Å². The average Bonchev–Trinajstić information content (AvgIpc) is 2.91. The first-order valence-corrected chi connectivity index (χ1v) is 6.84. The number of rotatable bonds is 4. The van der Waals surface area contributed by atoms with Crippen LogP contribution in [-0.2, 0) is 9.53 Å². The van der Waals surface area contributed by atoms with Gasteiger partial charge in [-0.1, -0.05) is 0 Å². The third-order valence-corrected chi connectivity index (χ3v) is 3.66. The highest BCUT2D eigenvalue weighted by atomic mass is 16.6. The summed E-state index contributed by atoms with van der Waals surface area (Å²) >= 11 is 0. The van der Waals surface area contributed by atoms with E-state index < -0.39 is 11.0 Å². The molecule has 1 aliphatic rings. The van der Waals surface area contributed by atoms with Gasteiger partial charge in [-0.25, -0.2) is 0 Å². The Balaban J connectivity index is 2.11. The molecule has 2 unspecified atom stereocenters. The molecule has 21 heavy (non-hydrogen) atoms. The molecule has 0 spiro atoms. The van der Waals surface area contributed by atoms with Crippen molar-refractivity contribution in [3.8, 4) is 0 Å². The first-order valence-electron chi connectivity index (χ1n) is 6.84. The largest absolute Gasteiger partial charge is 0.364 e. The number of hydrogen-bond donors (Lipinski definition) is 2. The zero-order chi connectivity index (χ0) is 15.6. The van der Waals surface area contributed by atoms with E-state index in [-0.39, 0.29) is 17.7 Å². The van der Waals surface area contributed by atoms with Gasteiger partial charge in [0, 0.05) is 23.9 Å². The van der Waals surface area contributed by atoms with Crippen LogP contribution in [0, 0.1) is 24.0 Å². The van der Waals surface area contributed by atoms with Crippen molar-refractivity contribution in [2.24, 2.45) is 5.73 Å². The highest BCUT2D eigenvalue weighted by Crippen LogP contribution is 2.27. The summed E-state index contributed by atoms with van der Waals surface area (Å²) in [5.74, 6) is -0.234. The number of carbonyl (C=O) groups excluding carboxylic acids is 1. The van der Waals surface area contributed by atoms with Crippen molar-refractivity contribution in [1.29, 1.82) is 0 Å². The van der Waals surface area contributed by atoms with Crippen LogP contribution in [0.15, 0.2) is 12.1 Å². The van der Waals surface area contributed by atoms with Crippen molar-refractivity contribution in [3.63, 3.8) is 0 Å². The maximum atomic E-state index is 12.1. The SMILES string of the molecule is Cc1cc([N+](=O)[O-])c(C)cc1NC(=O)C1CCC(CN)O1. The molecule has 0 aliphatic carbocycles. The third-order valence-electron chi connectivity index (χ3n) is 3.66. The van der Waals surface area contributed by atoms with E-state index in [2.05, 4.69) is 5.32 Å². The van der Waals surface area contributed by atoms with Crippen LogP contribution in [0.4, 0.5) is 11.4 Å². The van der Waals surface area contributed by atoms with E-state index in [0.717, 1.165) is 6.42 Å². The Hall–Kier alpha value is -1.99. The highest BCUT2D eigenvalue weighted by molar-refractivity contribution is 5.95. The molecule has 1 aromatic rings. The van der Waals surface area contributed by atoms with Gasteiger partial charge < -0.3 is 15.8 Å². The van der Waals surface area contributed by atoms with Gasteiger partial charge in [0.15, 0.2) is 0 Å². The van der Waals surface area contributed by atoms with Gasteiger partial charge in [0.05, 0.1) is 11.0 Å². The number of aryl methyl sites for hydroxylation is 2. The third kappa shape index (κ3) is 3.37. The van der Waals surface area contributed by atoms with Crippen LogP contribution in [-0.4, -0.2) is 29.6 Å². The zero-order valence-corrected chi connectivity index (χ0v) is 12.1. The van der Waals surface area contributed by atoms with E-state index in [4.69, 9.17) is 10.5 Å². The lowest BCUT2D eigenvalue weighted by molar-refractivity contribution is -0.385.